The molecule has 3 atom stereocenters. The largest absolute Gasteiger partial charge is 0.490 e. The number of hydrogen-bond donors (Lipinski definition) is 3. The molecule has 2 unspecified atom stereocenters. The number of H-pyrrole nitrogens is 1. The van der Waals surface area contributed by atoms with Gasteiger partial charge in [-0.25, -0.2) is 0 Å². The number of amides is 5. The molecule has 5 aliphatic rings. The van der Waals surface area contributed by atoms with E-state index in [4.69, 9.17) is 23.7 Å². The number of aromatic amines is 1. The number of nitrogens with two attached hydrogens (primary N) is 1. The molecule has 5 heterocycles. The SMILES string of the molecule is CC1C=C(N2CCC[C@@H]([N+](=O)N(CCOCCOCCOCCOc3cccc4c3C(=O)N(C3CCC(=O)NC3=O)C4=O)Cc3ccc(-c4cn[nH]c4)cc3)C2)C=C(OC(C)(C)C(=O)N2CC[NH2+]CC2)C1. The number of rotatable bonds is 23. The third-order valence-corrected chi connectivity index (χ3v) is 13.3. The summed E-state index contributed by atoms with van der Waals surface area (Å²) in [4.78, 5) is 84.7. The molecule has 0 radical (unpaired) electrons. The molecule has 20 nitrogen and oxygen atoms in total. The van der Waals surface area contributed by atoms with E-state index in [2.05, 4.69) is 44.8 Å². The number of benzene rings is 2. The van der Waals surface area contributed by atoms with E-state index in [1.165, 1.54) is 6.07 Å². The number of quaternary nitrogens is 1. The number of likely N-dealkylation sites (tertiary alicyclic amines) is 1. The van der Waals surface area contributed by atoms with Gasteiger partial charge in [0.05, 0.1) is 94.6 Å². The van der Waals surface area contributed by atoms with Crippen LogP contribution in [0.3, 0.4) is 0 Å². The topological polar surface area (TPSA) is 222 Å². The fraction of sp³-hybridized carbons (Fsp3) is 0.529. The Kier molecular flexibility index (Phi) is 16.9. The number of piperidine rings is 2. The van der Waals surface area contributed by atoms with Gasteiger partial charge in [-0.2, -0.15) is 5.10 Å². The van der Waals surface area contributed by atoms with E-state index < -0.39 is 35.3 Å². The second-order valence-corrected chi connectivity index (χ2v) is 19.1. The Morgan fingerprint density at radius 1 is 0.901 bits per heavy atom. The molecule has 0 spiro atoms. The standard InChI is InChI=1S/C51H65N9O11/c1-35-28-40(30-41(29-35)71-51(2,3)50(65)56-18-15-52-16-19-56)57-17-5-6-39(34-57)60(66)58(33-36-9-11-37(12-10-36)38-31-53-54-32-38)20-21-67-22-23-68-24-25-69-26-27-70-44-8-4-7-42-46(44)49(64)59(48(42)63)43-13-14-45(61)55-47(43)62/h4,7-12,28,30-32,35,39,43,52H,5-6,13-27,29,33-34H2,1-3H3,(H-,53,54,55,61,62)/p+2/t35?,39-,43?/m1/s1. The van der Waals surface area contributed by atoms with Crippen LogP contribution in [0.15, 0.2) is 78.5 Å². The van der Waals surface area contributed by atoms with Crippen molar-refractivity contribution in [3.8, 4) is 16.9 Å². The van der Waals surface area contributed by atoms with Crippen molar-refractivity contribution in [2.24, 2.45) is 5.92 Å². The number of nitrogens with zero attached hydrogens (tertiary/aromatic N) is 6. The molecule has 71 heavy (non-hydrogen) atoms. The van der Waals surface area contributed by atoms with Crippen LogP contribution < -0.4 is 15.4 Å². The smallest absolute Gasteiger partial charge is 0.266 e. The van der Waals surface area contributed by atoms with Crippen LogP contribution in [0.1, 0.15) is 79.2 Å². The van der Waals surface area contributed by atoms with Gasteiger partial charge in [0.1, 0.15) is 42.1 Å². The molecule has 4 aliphatic heterocycles. The number of imide groups is 2. The van der Waals surface area contributed by atoms with Crippen molar-refractivity contribution < 1.29 is 57.8 Å². The number of nitroso groups, excluding NO2 is 1. The number of hydrogen-bond acceptors (Lipinski definition) is 13. The highest BCUT2D eigenvalue weighted by atomic mass is 16.6. The second kappa shape index (κ2) is 23.6. The van der Waals surface area contributed by atoms with Crippen molar-refractivity contribution in [1.29, 1.82) is 0 Å². The summed E-state index contributed by atoms with van der Waals surface area (Å²) in [6.07, 6.45) is 10.3. The van der Waals surface area contributed by atoms with Crippen LogP contribution in [0.25, 0.3) is 11.1 Å². The van der Waals surface area contributed by atoms with Crippen LogP contribution >= 0.6 is 0 Å². The van der Waals surface area contributed by atoms with Crippen molar-refractivity contribution in [2.45, 2.75) is 77.1 Å². The van der Waals surface area contributed by atoms with Gasteiger partial charge in [0, 0.05) is 43.3 Å². The van der Waals surface area contributed by atoms with Crippen LogP contribution in [0.2, 0.25) is 0 Å². The molecule has 2 aromatic carbocycles. The fourth-order valence-corrected chi connectivity index (χ4v) is 9.71. The molecule has 1 aliphatic carbocycles. The molecule has 3 saturated heterocycles. The van der Waals surface area contributed by atoms with Gasteiger partial charge in [-0.05, 0) is 61.9 Å². The molecule has 20 heteroatoms. The first-order valence-electron chi connectivity index (χ1n) is 24.8. The lowest BCUT2D eigenvalue weighted by molar-refractivity contribution is -0.740. The van der Waals surface area contributed by atoms with Gasteiger partial charge in [-0.15, -0.1) is 5.01 Å². The molecule has 1 aromatic heterocycles. The summed E-state index contributed by atoms with van der Waals surface area (Å²) in [6.45, 7) is 13.0. The normalized spacial score (nSPS) is 20.6. The average Bonchev–Trinajstić information content (AvgIpc) is 4.00. The highest BCUT2D eigenvalue weighted by Crippen LogP contribution is 2.34. The van der Waals surface area contributed by atoms with Gasteiger partial charge >= 0.3 is 0 Å². The van der Waals surface area contributed by atoms with Gasteiger partial charge < -0.3 is 38.8 Å². The fourth-order valence-electron chi connectivity index (χ4n) is 9.71. The summed E-state index contributed by atoms with van der Waals surface area (Å²) in [5.74, 6) is -1.15. The molecule has 0 bridgehead atoms. The van der Waals surface area contributed by atoms with Crippen molar-refractivity contribution in [3.05, 3.63) is 100 Å². The van der Waals surface area contributed by atoms with Crippen LogP contribution in [0, 0.1) is 10.8 Å². The number of carbonyl (C=O) groups excluding carboxylic acids is 5. The third kappa shape index (κ3) is 12.7. The summed E-state index contributed by atoms with van der Waals surface area (Å²) >= 11 is 0. The Morgan fingerprint density at radius 2 is 1.63 bits per heavy atom. The number of ether oxygens (including phenoxy) is 5. The molecule has 5 amide bonds. The van der Waals surface area contributed by atoms with Crippen LogP contribution in [0.4, 0.5) is 0 Å². The summed E-state index contributed by atoms with van der Waals surface area (Å²) < 4.78 is 29.7. The minimum absolute atomic E-state index is 0.00690. The van der Waals surface area contributed by atoms with E-state index in [0.29, 0.717) is 65.6 Å². The summed E-state index contributed by atoms with van der Waals surface area (Å²) in [7, 11) is 0. The van der Waals surface area contributed by atoms with Crippen LogP contribution in [0.5, 0.6) is 5.75 Å². The number of allylic oxidation sites excluding steroid dienone is 3. The number of carbonyl (C=O) groups is 5. The van der Waals surface area contributed by atoms with E-state index >= 15 is 0 Å². The number of nitrogens with one attached hydrogen (secondary N) is 2. The van der Waals surface area contributed by atoms with Crippen molar-refractivity contribution >= 4 is 29.5 Å². The van der Waals surface area contributed by atoms with Gasteiger partial charge in [-0.1, -0.05) is 43.3 Å². The molecule has 380 valence electrons. The predicted molar refractivity (Wildman–Crippen MR) is 257 cm³/mol. The third-order valence-electron chi connectivity index (χ3n) is 13.3. The summed E-state index contributed by atoms with van der Waals surface area (Å²) in [5.41, 5.74) is 3.24. The molecular weight excluding hydrogens is 915 g/mol. The molecule has 4 N–H and O–H groups in total. The molecule has 3 aromatic rings. The Morgan fingerprint density at radius 3 is 2.35 bits per heavy atom. The zero-order valence-corrected chi connectivity index (χ0v) is 41.0. The zero-order chi connectivity index (χ0) is 49.9. The van der Waals surface area contributed by atoms with Crippen LogP contribution in [-0.4, -0.2) is 174 Å². The summed E-state index contributed by atoms with van der Waals surface area (Å²) in [5, 5.41) is 13.2. The highest BCUT2D eigenvalue weighted by Gasteiger charge is 2.46. The highest BCUT2D eigenvalue weighted by molar-refractivity contribution is 6.24. The van der Waals surface area contributed by atoms with Crippen molar-refractivity contribution in [2.75, 3.05) is 92.1 Å². The number of hydrazine groups is 1. The molecule has 8 rings (SSSR count). The lowest BCUT2D eigenvalue weighted by Crippen LogP contribution is -2.90. The minimum Gasteiger partial charge on any atom is -0.490 e. The van der Waals surface area contributed by atoms with E-state index in [9.17, 15) is 28.9 Å². The van der Waals surface area contributed by atoms with Gasteiger partial charge in [0.25, 0.3) is 23.8 Å². The Bertz CT molecular complexity index is 2450. The Labute approximate surface area is 413 Å². The number of fused-ring (bicyclic) bond motifs is 1. The van der Waals surface area contributed by atoms with Crippen molar-refractivity contribution in [1.82, 2.24) is 35.2 Å². The van der Waals surface area contributed by atoms with E-state index in [0.717, 1.165) is 70.4 Å². The van der Waals surface area contributed by atoms with E-state index in [1.54, 1.807) is 18.3 Å². The molecule has 0 saturated carbocycles. The maximum Gasteiger partial charge on any atom is 0.266 e. The quantitative estimate of drug-likeness (QED) is 0.0539. The van der Waals surface area contributed by atoms with Crippen molar-refractivity contribution in [3.63, 3.8) is 0 Å². The molecule has 3 fully saturated rings. The van der Waals surface area contributed by atoms with E-state index in [1.807, 2.05) is 54.2 Å². The second-order valence-electron chi connectivity index (χ2n) is 19.1. The first-order valence-corrected chi connectivity index (χ1v) is 24.8. The minimum atomic E-state index is -1.06. The lowest BCUT2D eigenvalue weighted by atomic mass is 9.96. The maximum absolute atomic E-state index is 14.4. The van der Waals surface area contributed by atoms with E-state index in [-0.39, 0.29) is 67.4 Å². The monoisotopic (exact) mass is 981 g/mol. The van der Waals surface area contributed by atoms with Crippen LogP contribution in [-0.2, 0) is 39.9 Å². The Hall–Kier alpha value is -6.48. The first kappa shape index (κ1) is 50.9. The lowest BCUT2D eigenvalue weighted by Gasteiger charge is -2.37. The average molecular weight is 982 g/mol. The predicted octanol–water partition coefficient (Wildman–Crippen LogP) is 2.58. The Balaban J connectivity index is 0.786. The van der Waals surface area contributed by atoms with Gasteiger partial charge in [-0.3, -0.25) is 39.3 Å². The number of aromatic nitrogens is 2. The zero-order valence-electron chi connectivity index (χ0n) is 41.0. The first-order chi connectivity index (χ1) is 34.4. The van der Waals surface area contributed by atoms with Gasteiger partial charge in [0.2, 0.25) is 11.8 Å². The maximum atomic E-state index is 14.4. The summed E-state index contributed by atoms with van der Waals surface area (Å²) in [6, 6.07) is 11.5. The van der Waals surface area contributed by atoms with Gasteiger partial charge in [0.15, 0.2) is 5.60 Å². The number of piperazine rings is 1. The molecular formula is C51H67N9O11+2.